The monoisotopic (exact) mass is 315 g/mol. The maximum Gasteiger partial charge on any atom is 0.224 e. The number of aromatic nitrogens is 3. The van der Waals surface area contributed by atoms with E-state index in [1.165, 1.54) is 5.69 Å². The minimum Gasteiger partial charge on any atom is -0.481 e. The van der Waals surface area contributed by atoms with Gasteiger partial charge in [0.25, 0.3) is 0 Å². The number of amides is 1. The van der Waals surface area contributed by atoms with Gasteiger partial charge in [0, 0.05) is 32.0 Å². The lowest BCUT2D eigenvalue weighted by Crippen LogP contribution is -2.13. The third kappa shape index (κ3) is 4.07. The van der Waals surface area contributed by atoms with Crippen molar-refractivity contribution >= 4 is 11.6 Å². The second-order valence-corrected chi connectivity index (χ2v) is 5.52. The number of hydrogen-bond donors (Lipinski definition) is 2. The lowest BCUT2D eigenvalue weighted by atomic mass is 10.2. The fourth-order valence-electron chi connectivity index (χ4n) is 2.58. The van der Waals surface area contributed by atoms with Crippen LogP contribution in [0.2, 0.25) is 0 Å². The SMILES string of the molecule is COc1ccc(NC(=O)CCc2cc3n(n2)CCCNC3)cn1. The normalized spacial score (nSPS) is 14.0. The van der Waals surface area contributed by atoms with Gasteiger partial charge >= 0.3 is 0 Å². The summed E-state index contributed by atoms with van der Waals surface area (Å²) in [6, 6.07) is 5.57. The molecule has 0 radical (unpaired) electrons. The second kappa shape index (κ2) is 7.23. The average Bonchev–Trinajstić information content (AvgIpc) is 2.83. The van der Waals surface area contributed by atoms with Gasteiger partial charge in [-0.2, -0.15) is 5.10 Å². The van der Waals surface area contributed by atoms with Gasteiger partial charge < -0.3 is 15.4 Å². The van der Waals surface area contributed by atoms with Crippen LogP contribution in [-0.2, 0) is 24.3 Å². The number of ether oxygens (including phenoxy) is 1. The Morgan fingerprint density at radius 1 is 1.48 bits per heavy atom. The molecule has 2 aromatic rings. The Morgan fingerprint density at radius 3 is 3.17 bits per heavy atom. The lowest BCUT2D eigenvalue weighted by Gasteiger charge is -2.05. The van der Waals surface area contributed by atoms with E-state index in [1.807, 2.05) is 4.68 Å². The fraction of sp³-hybridized carbons (Fsp3) is 0.438. The van der Waals surface area contributed by atoms with Gasteiger partial charge in [0.15, 0.2) is 0 Å². The molecular weight excluding hydrogens is 294 g/mol. The second-order valence-electron chi connectivity index (χ2n) is 5.52. The zero-order valence-electron chi connectivity index (χ0n) is 13.2. The summed E-state index contributed by atoms with van der Waals surface area (Å²) in [6.07, 6.45) is 3.70. The van der Waals surface area contributed by atoms with Gasteiger partial charge in [-0.05, 0) is 25.1 Å². The Bertz CT molecular complexity index is 642. The highest BCUT2D eigenvalue weighted by Crippen LogP contribution is 2.13. The van der Waals surface area contributed by atoms with Gasteiger partial charge in [0.2, 0.25) is 11.8 Å². The topological polar surface area (TPSA) is 81.1 Å². The molecule has 3 heterocycles. The average molecular weight is 315 g/mol. The Labute approximate surface area is 135 Å². The molecule has 1 amide bonds. The molecule has 0 aromatic carbocycles. The molecule has 7 heteroatoms. The van der Waals surface area contributed by atoms with Crippen molar-refractivity contribution < 1.29 is 9.53 Å². The number of hydrogen-bond acceptors (Lipinski definition) is 5. The van der Waals surface area contributed by atoms with Gasteiger partial charge in [-0.3, -0.25) is 9.48 Å². The van der Waals surface area contributed by atoms with Crippen LogP contribution >= 0.6 is 0 Å². The number of anilines is 1. The number of pyridine rings is 1. The van der Waals surface area contributed by atoms with Gasteiger partial charge in [-0.25, -0.2) is 4.98 Å². The smallest absolute Gasteiger partial charge is 0.224 e. The van der Waals surface area contributed by atoms with Gasteiger partial charge in [-0.15, -0.1) is 0 Å². The number of methoxy groups -OCH3 is 1. The standard InChI is InChI=1S/C16H21N5O2/c1-23-16-6-4-13(10-18-16)19-15(22)5-3-12-9-14-11-17-7-2-8-21(14)20-12/h4,6,9-10,17H,2-3,5,7-8,11H2,1H3,(H,19,22). The third-order valence-electron chi connectivity index (χ3n) is 3.78. The molecule has 2 N–H and O–H groups in total. The highest BCUT2D eigenvalue weighted by molar-refractivity contribution is 5.90. The molecule has 0 unspecified atom stereocenters. The first-order valence-electron chi connectivity index (χ1n) is 7.81. The highest BCUT2D eigenvalue weighted by Gasteiger charge is 2.12. The number of rotatable bonds is 5. The predicted octanol–water partition coefficient (Wildman–Crippen LogP) is 1.35. The first kappa shape index (κ1) is 15.5. The molecule has 1 aliphatic heterocycles. The summed E-state index contributed by atoms with van der Waals surface area (Å²) in [5.74, 6) is 0.481. The number of fused-ring (bicyclic) bond motifs is 1. The van der Waals surface area contributed by atoms with Gasteiger partial charge in [-0.1, -0.05) is 0 Å². The van der Waals surface area contributed by atoms with E-state index in [4.69, 9.17) is 4.74 Å². The van der Waals surface area contributed by atoms with Crippen molar-refractivity contribution in [3.05, 3.63) is 35.8 Å². The van der Waals surface area contributed by atoms with E-state index < -0.39 is 0 Å². The quantitative estimate of drug-likeness (QED) is 0.870. The Kier molecular flexibility index (Phi) is 4.87. The van der Waals surface area contributed by atoms with Crippen molar-refractivity contribution in [3.8, 4) is 5.88 Å². The Morgan fingerprint density at radius 2 is 2.39 bits per heavy atom. The van der Waals surface area contributed by atoms with Crippen LogP contribution < -0.4 is 15.4 Å². The molecule has 0 fully saturated rings. The molecular formula is C16H21N5O2. The molecule has 7 nitrogen and oxygen atoms in total. The summed E-state index contributed by atoms with van der Waals surface area (Å²) in [5, 5.41) is 10.8. The number of aryl methyl sites for hydroxylation is 2. The first-order chi connectivity index (χ1) is 11.2. The van der Waals surface area contributed by atoms with E-state index in [2.05, 4.69) is 26.8 Å². The van der Waals surface area contributed by atoms with E-state index in [1.54, 1.807) is 25.4 Å². The van der Waals surface area contributed by atoms with Crippen molar-refractivity contribution in [2.75, 3.05) is 19.0 Å². The minimum atomic E-state index is -0.0433. The highest BCUT2D eigenvalue weighted by atomic mass is 16.5. The van der Waals surface area contributed by atoms with Crippen molar-refractivity contribution in [2.45, 2.75) is 32.4 Å². The molecule has 0 aliphatic carbocycles. The number of carbonyl (C=O) groups is 1. The van der Waals surface area contributed by atoms with Crippen LogP contribution in [0.25, 0.3) is 0 Å². The number of carbonyl (C=O) groups excluding carboxylic acids is 1. The van der Waals surface area contributed by atoms with E-state index in [9.17, 15) is 4.79 Å². The third-order valence-corrected chi connectivity index (χ3v) is 3.78. The molecule has 23 heavy (non-hydrogen) atoms. The molecule has 122 valence electrons. The van der Waals surface area contributed by atoms with Crippen LogP contribution in [0.5, 0.6) is 5.88 Å². The first-order valence-corrected chi connectivity index (χ1v) is 7.81. The summed E-state index contributed by atoms with van der Waals surface area (Å²) in [5.41, 5.74) is 2.82. The number of nitrogens with one attached hydrogen (secondary N) is 2. The zero-order valence-corrected chi connectivity index (χ0v) is 13.2. The molecule has 0 spiro atoms. The Balaban J connectivity index is 1.52. The molecule has 0 saturated heterocycles. The van der Waals surface area contributed by atoms with E-state index in [0.717, 1.165) is 31.7 Å². The van der Waals surface area contributed by atoms with Gasteiger partial charge in [0.1, 0.15) is 0 Å². The van der Waals surface area contributed by atoms with Crippen molar-refractivity contribution in [1.29, 1.82) is 0 Å². The van der Waals surface area contributed by atoms with E-state index in [0.29, 0.717) is 24.4 Å². The molecule has 0 bridgehead atoms. The van der Waals surface area contributed by atoms with Crippen molar-refractivity contribution in [3.63, 3.8) is 0 Å². The summed E-state index contributed by atoms with van der Waals surface area (Å²) < 4.78 is 7.03. The van der Waals surface area contributed by atoms with Crippen LogP contribution in [0.15, 0.2) is 24.4 Å². The van der Waals surface area contributed by atoms with E-state index >= 15 is 0 Å². The fourth-order valence-corrected chi connectivity index (χ4v) is 2.58. The van der Waals surface area contributed by atoms with Crippen molar-refractivity contribution in [1.82, 2.24) is 20.1 Å². The maximum atomic E-state index is 12.0. The van der Waals surface area contributed by atoms with E-state index in [-0.39, 0.29) is 5.91 Å². The maximum absolute atomic E-state index is 12.0. The molecule has 0 saturated carbocycles. The van der Waals surface area contributed by atoms with Crippen LogP contribution in [0.3, 0.4) is 0 Å². The summed E-state index contributed by atoms with van der Waals surface area (Å²) >= 11 is 0. The van der Waals surface area contributed by atoms with Crippen molar-refractivity contribution in [2.24, 2.45) is 0 Å². The Hall–Kier alpha value is -2.41. The zero-order chi connectivity index (χ0) is 16.1. The largest absolute Gasteiger partial charge is 0.481 e. The van der Waals surface area contributed by atoms with Crippen LogP contribution in [0.1, 0.15) is 24.2 Å². The predicted molar refractivity (Wildman–Crippen MR) is 86.3 cm³/mol. The summed E-state index contributed by atoms with van der Waals surface area (Å²) in [6.45, 7) is 2.81. The molecule has 2 aromatic heterocycles. The molecule has 3 rings (SSSR count). The molecule has 1 aliphatic rings. The summed E-state index contributed by atoms with van der Waals surface area (Å²) in [4.78, 5) is 16.1. The van der Waals surface area contributed by atoms with Crippen LogP contribution in [-0.4, -0.2) is 34.3 Å². The minimum absolute atomic E-state index is 0.0433. The lowest BCUT2D eigenvalue weighted by molar-refractivity contribution is -0.116. The van der Waals surface area contributed by atoms with Crippen LogP contribution in [0, 0.1) is 0 Å². The molecule has 0 atom stereocenters. The van der Waals surface area contributed by atoms with Crippen LogP contribution in [0.4, 0.5) is 5.69 Å². The van der Waals surface area contributed by atoms with Gasteiger partial charge in [0.05, 0.1) is 30.4 Å². The number of nitrogens with zero attached hydrogens (tertiary/aromatic N) is 3. The summed E-state index contributed by atoms with van der Waals surface area (Å²) in [7, 11) is 1.56.